The normalized spacial score (nSPS) is 11.7. The molecule has 0 spiro atoms. The van der Waals surface area contributed by atoms with Gasteiger partial charge >= 0.3 is 0 Å². The summed E-state index contributed by atoms with van der Waals surface area (Å²) in [5.74, 6) is 1.43. The van der Waals surface area contributed by atoms with E-state index in [1.165, 1.54) is 0 Å². The van der Waals surface area contributed by atoms with Crippen LogP contribution in [-0.2, 0) is 22.6 Å². The van der Waals surface area contributed by atoms with Gasteiger partial charge in [0.15, 0.2) is 11.5 Å². The first-order chi connectivity index (χ1) is 16.2. The Labute approximate surface area is 208 Å². The third kappa shape index (κ3) is 8.56. The van der Waals surface area contributed by atoms with E-state index >= 15 is 0 Å². The van der Waals surface area contributed by atoms with E-state index in [0.29, 0.717) is 55.2 Å². The molecule has 1 N–H and O–H groups in total. The summed E-state index contributed by atoms with van der Waals surface area (Å²) >= 11 is 6.15. The van der Waals surface area contributed by atoms with Gasteiger partial charge in [0.25, 0.3) is 0 Å². The molecule has 0 fully saturated rings. The Morgan fingerprint density at radius 2 is 1.68 bits per heavy atom. The van der Waals surface area contributed by atoms with Crippen molar-refractivity contribution in [1.82, 2.24) is 10.2 Å². The quantitative estimate of drug-likeness (QED) is 0.417. The maximum Gasteiger partial charge on any atom is 0.242 e. The zero-order valence-electron chi connectivity index (χ0n) is 20.9. The Kier molecular flexibility index (Phi) is 11.2. The fourth-order valence-electron chi connectivity index (χ4n) is 3.51. The molecule has 186 valence electrons. The van der Waals surface area contributed by atoms with Crippen LogP contribution in [0.2, 0.25) is 5.02 Å². The summed E-state index contributed by atoms with van der Waals surface area (Å²) in [5, 5.41) is 3.54. The molecule has 0 aliphatic heterocycles. The number of hydrogen-bond acceptors (Lipinski definition) is 4. The highest BCUT2D eigenvalue weighted by molar-refractivity contribution is 6.30. The molecule has 0 radical (unpaired) electrons. The average Bonchev–Trinajstić information content (AvgIpc) is 2.80. The van der Waals surface area contributed by atoms with Gasteiger partial charge in [-0.05, 0) is 68.5 Å². The number of ether oxygens (including phenoxy) is 2. The molecule has 34 heavy (non-hydrogen) atoms. The van der Waals surface area contributed by atoms with Gasteiger partial charge in [0, 0.05) is 24.5 Å². The molecule has 1 atom stereocenters. The molecule has 6 nitrogen and oxygen atoms in total. The lowest BCUT2D eigenvalue weighted by Crippen LogP contribution is -2.48. The molecule has 0 heterocycles. The number of hydrogen-bond donors (Lipinski definition) is 1. The fraction of sp³-hybridized carbons (Fsp3) is 0.481. The zero-order valence-corrected chi connectivity index (χ0v) is 21.7. The van der Waals surface area contributed by atoms with Crippen LogP contribution in [0.3, 0.4) is 0 Å². The van der Waals surface area contributed by atoms with Crippen LogP contribution >= 0.6 is 11.6 Å². The van der Waals surface area contributed by atoms with Crippen molar-refractivity contribution in [2.24, 2.45) is 5.92 Å². The van der Waals surface area contributed by atoms with Crippen molar-refractivity contribution in [3.05, 3.63) is 58.6 Å². The monoisotopic (exact) mass is 488 g/mol. The minimum atomic E-state index is -0.607. The molecule has 0 saturated carbocycles. The maximum absolute atomic E-state index is 13.3. The molecular weight excluding hydrogens is 452 g/mol. The Hall–Kier alpha value is -2.73. The second-order valence-electron chi connectivity index (χ2n) is 8.61. The average molecular weight is 489 g/mol. The summed E-state index contributed by atoms with van der Waals surface area (Å²) in [6.45, 7) is 11.6. The van der Waals surface area contributed by atoms with Crippen molar-refractivity contribution in [3.63, 3.8) is 0 Å². The van der Waals surface area contributed by atoms with Gasteiger partial charge in [0.2, 0.25) is 11.8 Å². The van der Waals surface area contributed by atoms with E-state index in [0.717, 1.165) is 11.1 Å². The first-order valence-electron chi connectivity index (χ1n) is 11.9. The van der Waals surface area contributed by atoms with Crippen molar-refractivity contribution >= 4 is 23.4 Å². The highest BCUT2D eigenvalue weighted by Crippen LogP contribution is 2.29. The minimum absolute atomic E-state index is 0.0981. The van der Waals surface area contributed by atoms with Gasteiger partial charge in [-0.1, -0.05) is 43.6 Å². The first-order valence-corrected chi connectivity index (χ1v) is 12.3. The summed E-state index contributed by atoms with van der Waals surface area (Å²) in [6.07, 6.45) is 0.791. The molecule has 7 heteroatoms. The molecule has 0 aliphatic carbocycles. The van der Waals surface area contributed by atoms with E-state index in [9.17, 15) is 9.59 Å². The Morgan fingerprint density at radius 1 is 0.971 bits per heavy atom. The lowest BCUT2D eigenvalue weighted by molar-refractivity contribution is -0.140. The van der Waals surface area contributed by atoms with Gasteiger partial charge in [-0.15, -0.1) is 0 Å². The molecule has 0 saturated heterocycles. The molecule has 0 aliphatic rings. The Balaban J connectivity index is 2.17. The van der Waals surface area contributed by atoms with Crippen LogP contribution in [0.15, 0.2) is 42.5 Å². The van der Waals surface area contributed by atoms with Gasteiger partial charge in [-0.3, -0.25) is 9.59 Å². The van der Waals surface area contributed by atoms with Gasteiger partial charge in [-0.2, -0.15) is 0 Å². The molecular formula is C27H37ClN2O4. The summed E-state index contributed by atoms with van der Waals surface area (Å²) in [5.41, 5.74) is 1.85. The Morgan fingerprint density at radius 3 is 2.32 bits per heavy atom. The fourth-order valence-corrected chi connectivity index (χ4v) is 3.73. The number of amides is 2. The standard InChI is InChI=1S/C27H37ClN2O4/c1-6-33-24-13-11-21(16-25(24)34-7-2)12-14-26(31)30(18-22-9-8-10-23(28)15-22)20(5)27(32)29-17-19(3)4/h8-11,13,15-16,19-20H,6-7,12,14,17-18H2,1-5H3,(H,29,32)/t20-/m0/s1. The number of nitrogens with one attached hydrogen (secondary N) is 1. The van der Waals surface area contributed by atoms with Crippen LogP contribution in [0.4, 0.5) is 0 Å². The van der Waals surface area contributed by atoms with Gasteiger partial charge in [-0.25, -0.2) is 0 Å². The molecule has 0 bridgehead atoms. The van der Waals surface area contributed by atoms with Crippen LogP contribution in [0, 0.1) is 5.92 Å². The van der Waals surface area contributed by atoms with Gasteiger partial charge in [0.1, 0.15) is 6.04 Å². The summed E-state index contributed by atoms with van der Waals surface area (Å²) in [6, 6.07) is 12.5. The molecule has 2 amide bonds. The second-order valence-corrected chi connectivity index (χ2v) is 9.05. The summed E-state index contributed by atoms with van der Waals surface area (Å²) in [4.78, 5) is 27.7. The lowest BCUT2D eigenvalue weighted by Gasteiger charge is -2.29. The topological polar surface area (TPSA) is 67.9 Å². The van der Waals surface area contributed by atoms with Gasteiger partial charge in [0.05, 0.1) is 13.2 Å². The smallest absolute Gasteiger partial charge is 0.242 e. The van der Waals surface area contributed by atoms with Crippen molar-refractivity contribution in [1.29, 1.82) is 0 Å². The molecule has 0 aromatic heterocycles. The number of rotatable bonds is 13. The van der Waals surface area contributed by atoms with Crippen molar-refractivity contribution in [2.45, 2.75) is 60.0 Å². The minimum Gasteiger partial charge on any atom is -0.490 e. The summed E-state index contributed by atoms with van der Waals surface area (Å²) < 4.78 is 11.3. The van der Waals surface area contributed by atoms with Gasteiger partial charge < -0.3 is 19.7 Å². The Bertz CT molecular complexity index is 948. The van der Waals surface area contributed by atoms with E-state index in [1.54, 1.807) is 17.9 Å². The van der Waals surface area contributed by atoms with E-state index in [4.69, 9.17) is 21.1 Å². The maximum atomic E-state index is 13.3. The zero-order chi connectivity index (χ0) is 25.1. The van der Waals surface area contributed by atoms with E-state index in [-0.39, 0.29) is 18.2 Å². The number of halogens is 1. The third-order valence-electron chi connectivity index (χ3n) is 5.33. The largest absolute Gasteiger partial charge is 0.490 e. The number of benzene rings is 2. The molecule has 2 aromatic carbocycles. The molecule has 2 rings (SSSR count). The predicted molar refractivity (Wildman–Crippen MR) is 136 cm³/mol. The second kappa shape index (κ2) is 13.9. The number of aryl methyl sites for hydroxylation is 1. The van der Waals surface area contributed by atoms with Crippen molar-refractivity contribution in [3.8, 4) is 11.5 Å². The third-order valence-corrected chi connectivity index (χ3v) is 5.56. The SMILES string of the molecule is CCOc1ccc(CCC(=O)N(Cc2cccc(Cl)c2)[C@@H](C)C(=O)NCC(C)C)cc1OCC. The van der Waals surface area contributed by atoms with Crippen LogP contribution in [0.25, 0.3) is 0 Å². The van der Waals surface area contributed by atoms with Crippen LogP contribution in [0.5, 0.6) is 11.5 Å². The van der Waals surface area contributed by atoms with Crippen LogP contribution < -0.4 is 14.8 Å². The highest BCUT2D eigenvalue weighted by atomic mass is 35.5. The highest BCUT2D eigenvalue weighted by Gasteiger charge is 2.26. The number of carbonyl (C=O) groups is 2. The molecule has 0 unspecified atom stereocenters. The summed E-state index contributed by atoms with van der Waals surface area (Å²) in [7, 11) is 0. The van der Waals surface area contributed by atoms with E-state index in [1.807, 2.05) is 64.1 Å². The van der Waals surface area contributed by atoms with Crippen LogP contribution in [0.1, 0.15) is 52.2 Å². The van der Waals surface area contributed by atoms with E-state index < -0.39 is 6.04 Å². The predicted octanol–water partition coefficient (Wildman–Crippen LogP) is 5.26. The number of nitrogens with zero attached hydrogens (tertiary/aromatic N) is 1. The van der Waals surface area contributed by atoms with E-state index in [2.05, 4.69) is 5.32 Å². The van der Waals surface area contributed by atoms with Crippen LogP contribution in [-0.4, -0.2) is 42.5 Å². The lowest BCUT2D eigenvalue weighted by atomic mass is 10.1. The van der Waals surface area contributed by atoms with Crippen molar-refractivity contribution < 1.29 is 19.1 Å². The molecule has 2 aromatic rings. The number of carbonyl (C=O) groups excluding carboxylic acids is 2. The first kappa shape index (κ1) is 27.5. The van der Waals surface area contributed by atoms with Crippen molar-refractivity contribution in [2.75, 3.05) is 19.8 Å².